The van der Waals surface area contributed by atoms with Crippen molar-refractivity contribution in [3.05, 3.63) is 62.8 Å². The molecular weight excluding hydrogens is 361 g/mol. The number of para-hydroxylation sites is 1. The van der Waals surface area contributed by atoms with Gasteiger partial charge in [0.15, 0.2) is 0 Å². The molecular formula is C15H8BrClFNO2. The van der Waals surface area contributed by atoms with Crippen LogP contribution in [0.15, 0.2) is 40.9 Å². The van der Waals surface area contributed by atoms with Crippen molar-refractivity contribution >= 4 is 44.9 Å². The van der Waals surface area contributed by atoms with Gasteiger partial charge in [-0.15, -0.1) is 0 Å². The largest absolute Gasteiger partial charge is 0.299 e. The summed E-state index contributed by atoms with van der Waals surface area (Å²) in [5.74, 6) is -2.04. The zero-order valence-corrected chi connectivity index (χ0v) is 12.9. The highest BCUT2D eigenvalue weighted by molar-refractivity contribution is 9.10. The summed E-state index contributed by atoms with van der Waals surface area (Å²) in [6.07, 6.45) is 0. The summed E-state index contributed by atoms with van der Waals surface area (Å²) in [4.78, 5) is 25.1. The van der Waals surface area contributed by atoms with Crippen molar-refractivity contribution in [2.45, 2.75) is 6.54 Å². The molecule has 0 saturated carbocycles. The Hall–Kier alpha value is -1.72. The number of fused-ring (bicyclic) bond motifs is 1. The van der Waals surface area contributed by atoms with Gasteiger partial charge in [-0.25, -0.2) is 4.39 Å². The molecule has 0 aliphatic carbocycles. The van der Waals surface area contributed by atoms with Gasteiger partial charge in [-0.1, -0.05) is 39.7 Å². The zero-order chi connectivity index (χ0) is 15.1. The topological polar surface area (TPSA) is 37.4 Å². The lowest BCUT2D eigenvalue weighted by Gasteiger charge is -2.18. The number of anilines is 1. The molecule has 2 aromatic rings. The average molecular weight is 369 g/mol. The molecule has 1 heterocycles. The maximum absolute atomic E-state index is 14.0. The van der Waals surface area contributed by atoms with E-state index in [4.69, 9.17) is 11.6 Å². The minimum absolute atomic E-state index is 0.0199. The van der Waals surface area contributed by atoms with E-state index in [1.807, 2.05) is 0 Å². The fourth-order valence-corrected chi connectivity index (χ4v) is 3.02. The number of Topliss-reactive ketones (excluding diaryl/α,β-unsaturated/α-hetero) is 1. The molecule has 3 nitrogen and oxygen atoms in total. The molecule has 0 bridgehead atoms. The Labute approximate surface area is 133 Å². The van der Waals surface area contributed by atoms with Crippen LogP contribution in [0.5, 0.6) is 0 Å². The zero-order valence-electron chi connectivity index (χ0n) is 10.6. The molecule has 1 amide bonds. The highest BCUT2D eigenvalue weighted by Crippen LogP contribution is 2.34. The molecule has 106 valence electrons. The number of halogens is 3. The first-order chi connectivity index (χ1) is 9.99. The summed E-state index contributed by atoms with van der Waals surface area (Å²) in [7, 11) is 0. The SMILES string of the molecule is O=C1C(=O)N(Cc2ccc(Br)cc2Cl)c2c(F)cccc21. The van der Waals surface area contributed by atoms with Gasteiger partial charge in [-0.3, -0.25) is 14.5 Å². The summed E-state index contributed by atoms with van der Waals surface area (Å²) in [6.45, 7) is 0.0462. The van der Waals surface area contributed by atoms with Crippen LogP contribution >= 0.6 is 27.5 Å². The number of benzene rings is 2. The molecule has 0 radical (unpaired) electrons. The summed E-state index contributed by atoms with van der Waals surface area (Å²) in [5.41, 5.74) is 0.747. The molecule has 0 saturated heterocycles. The van der Waals surface area contributed by atoms with E-state index in [2.05, 4.69) is 15.9 Å². The number of nitrogens with zero attached hydrogens (tertiary/aromatic N) is 1. The van der Waals surface area contributed by atoms with Gasteiger partial charge in [-0.2, -0.15) is 0 Å². The minimum atomic E-state index is -0.742. The number of ketones is 1. The fraction of sp³-hybridized carbons (Fsp3) is 0.0667. The normalized spacial score (nSPS) is 13.8. The molecule has 0 unspecified atom stereocenters. The van der Waals surface area contributed by atoms with E-state index in [1.165, 1.54) is 18.2 Å². The molecule has 1 aliphatic heterocycles. The maximum atomic E-state index is 14.0. The fourth-order valence-electron chi connectivity index (χ4n) is 2.28. The number of amides is 1. The molecule has 0 atom stereocenters. The quantitative estimate of drug-likeness (QED) is 0.752. The third-order valence-electron chi connectivity index (χ3n) is 3.28. The van der Waals surface area contributed by atoms with Crippen LogP contribution in [0.4, 0.5) is 10.1 Å². The standard InChI is InChI=1S/C15H8BrClFNO2/c16-9-5-4-8(11(17)6-9)7-19-13-10(14(20)15(19)21)2-1-3-12(13)18/h1-6H,7H2. The van der Waals surface area contributed by atoms with Crippen LogP contribution < -0.4 is 4.90 Å². The lowest BCUT2D eigenvalue weighted by molar-refractivity contribution is -0.114. The first-order valence-electron chi connectivity index (χ1n) is 6.07. The average Bonchev–Trinajstić information content (AvgIpc) is 2.68. The monoisotopic (exact) mass is 367 g/mol. The lowest BCUT2D eigenvalue weighted by Crippen LogP contribution is -2.29. The van der Waals surface area contributed by atoms with Crippen molar-refractivity contribution in [1.82, 2.24) is 0 Å². The van der Waals surface area contributed by atoms with Crippen LogP contribution in [0.3, 0.4) is 0 Å². The molecule has 0 aromatic heterocycles. The van der Waals surface area contributed by atoms with E-state index in [0.717, 1.165) is 9.37 Å². The van der Waals surface area contributed by atoms with Gasteiger partial charge in [0, 0.05) is 9.50 Å². The minimum Gasteiger partial charge on any atom is -0.297 e. The molecule has 0 N–H and O–H groups in total. The van der Waals surface area contributed by atoms with E-state index in [0.29, 0.717) is 10.6 Å². The van der Waals surface area contributed by atoms with Crippen LogP contribution in [0.2, 0.25) is 5.02 Å². The first-order valence-corrected chi connectivity index (χ1v) is 7.25. The van der Waals surface area contributed by atoms with Crippen LogP contribution in [-0.2, 0) is 11.3 Å². The smallest absolute Gasteiger partial charge is 0.297 e. The Morgan fingerprint density at radius 2 is 1.95 bits per heavy atom. The van der Waals surface area contributed by atoms with Gasteiger partial charge in [0.2, 0.25) is 0 Å². The predicted molar refractivity (Wildman–Crippen MR) is 81.1 cm³/mol. The van der Waals surface area contributed by atoms with Crippen molar-refractivity contribution in [3.63, 3.8) is 0 Å². The maximum Gasteiger partial charge on any atom is 0.299 e. The highest BCUT2D eigenvalue weighted by Gasteiger charge is 2.38. The van der Waals surface area contributed by atoms with E-state index in [-0.39, 0.29) is 17.8 Å². The third kappa shape index (κ3) is 2.36. The van der Waals surface area contributed by atoms with E-state index in [1.54, 1.807) is 18.2 Å². The first kappa shape index (κ1) is 14.2. The van der Waals surface area contributed by atoms with Crippen LogP contribution in [-0.4, -0.2) is 11.7 Å². The Morgan fingerprint density at radius 1 is 1.19 bits per heavy atom. The van der Waals surface area contributed by atoms with Gasteiger partial charge in [0.1, 0.15) is 5.82 Å². The highest BCUT2D eigenvalue weighted by atomic mass is 79.9. The van der Waals surface area contributed by atoms with Crippen molar-refractivity contribution < 1.29 is 14.0 Å². The lowest BCUT2D eigenvalue weighted by atomic mass is 10.1. The van der Waals surface area contributed by atoms with Crippen LogP contribution in [0.25, 0.3) is 0 Å². The molecule has 6 heteroatoms. The Balaban J connectivity index is 2.04. The number of hydrogen-bond donors (Lipinski definition) is 0. The van der Waals surface area contributed by atoms with Crippen molar-refractivity contribution in [1.29, 1.82) is 0 Å². The second-order valence-electron chi connectivity index (χ2n) is 4.59. The second kappa shape index (κ2) is 5.24. The summed E-state index contributed by atoms with van der Waals surface area (Å²) >= 11 is 9.40. The summed E-state index contributed by atoms with van der Waals surface area (Å²) in [5, 5.41) is 0.439. The van der Waals surface area contributed by atoms with Gasteiger partial charge in [-0.05, 0) is 29.8 Å². The number of hydrogen-bond acceptors (Lipinski definition) is 2. The molecule has 0 fully saturated rings. The number of rotatable bonds is 2. The number of carbonyl (C=O) groups excluding carboxylic acids is 2. The number of carbonyl (C=O) groups is 2. The van der Waals surface area contributed by atoms with E-state index in [9.17, 15) is 14.0 Å². The van der Waals surface area contributed by atoms with E-state index >= 15 is 0 Å². The molecule has 3 rings (SSSR count). The Kier molecular flexibility index (Phi) is 3.55. The summed E-state index contributed by atoms with van der Waals surface area (Å²) in [6, 6.07) is 9.26. The van der Waals surface area contributed by atoms with E-state index < -0.39 is 17.5 Å². The van der Waals surface area contributed by atoms with Gasteiger partial charge >= 0.3 is 0 Å². The van der Waals surface area contributed by atoms with Crippen LogP contribution in [0.1, 0.15) is 15.9 Å². The van der Waals surface area contributed by atoms with Crippen molar-refractivity contribution in [2.24, 2.45) is 0 Å². The molecule has 21 heavy (non-hydrogen) atoms. The van der Waals surface area contributed by atoms with Gasteiger partial charge in [0.25, 0.3) is 11.7 Å². The van der Waals surface area contributed by atoms with Gasteiger partial charge in [0.05, 0.1) is 17.8 Å². The summed E-state index contributed by atoms with van der Waals surface area (Å²) < 4.78 is 14.8. The molecule has 1 aliphatic rings. The van der Waals surface area contributed by atoms with Gasteiger partial charge < -0.3 is 0 Å². The van der Waals surface area contributed by atoms with Crippen molar-refractivity contribution in [3.8, 4) is 0 Å². The predicted octanol–water partition coefficient (Wildman–Crippen LogP) is 3.97. The van der Waals surface area contributed by atoms with Crippen molar-refractivity contribution in [2.75, 3.05) is 4.90 Å². The molecule has 2 aromatic carbocycles. The Bertz CT molecular complexity index is 778. The Morgan fingerprint density at radius 3 is 2.67 bits per heavy atom. The second-order valence-corrected chi connectivity index (χ2v) is 5.92. The third-order valence-corrected chi connectivity index (χ3v) is 4.13. The molecule has 0 spiro atoms. The van der Waals surface area contributed by atoms with Crippen LogP contribution in [0, 0.1) is 5.82 Å².